The number of carbonyl (C=O) groups is 1. The molecule has 5 rings (SSSR count). The summed E-state index contributed by atoms with van der Waals surface area (Å²) >= 11 is 0. The molecule has 3 aromatic carbocycles. The van der Waals surface area contributed by atoms with Gasteiger partial charge in [-0.1, -0.05) is 12.1 Å². The van der Waals surface area contributed by atoms with Gasteiger partial charge in [-0.05, 0) is 76.4 Å². The Bertz CT molecular complexity index is 2060. The van der Waals surface area contributed by atoms with Crippen LogP contribution in [0.2, 0.25) is 0 Å². The van der Waals surface area contributed by atoms with Gasteiger partial charge in [-0.15, -0.1) is 5.10 Å². The van der Waals surface area contributed by atoms with Crippen molar-refractivity contribution < 1.29 is 27.3 Å². The highest BCUT2D eigenvalue weighted by Crippen LogP contribution is 2.28. The van der Waals surface area contributed by atoms with Gasteiger partial charge in [0, 0.05) is 55.5 Å². The normalized spacial score (nSPS) is 13.1. The van der Waals surface area contributed by atoms with E-state index < -0.39 is 27.4 Å². The van der Waals surface area contributed by atoms with Crippen molar-refractivity contribution in [2.45, 2.75) is 64.3 Å². The number of benzene rings is 3. The van der Waals surface area contributed by atoms with Gasteiger partial charge in [-0.3, -0.25) is 4.79 Å². The minimum absolute atomic E-state index is 0.0315. The number of fused-ring (bicyclic) bond motifs is 3. The van der Waals surface area contributed by atoms with E-state index in [1.165, 1.54) is 10.6 Å². The van der Waals surface area contributed by atoms with Crippen molar-refractivity contribution in [3.63, 3.8) is 0 Å². The summed E-state index contributed by atoms with van der Waals surface area (Å²) in [7, 11) is 3.52. The molecule has 0 aliphatic heterocycles. The molecule has 0 aliphatic carbocycles. The SMILES string of the molecule is COc1ccc(CNc2nc3c(F)cc(F)cc3c3nc(CCC[C@H](C)N(C)C(=O)c4ccc(/C=N/[S@@](=O)C(C)(C)C)cc4)nn23)c(OC)c1. The molecule has 2 heterocycles. The largest absolute Gasteiger partial charge is 0.497 e. The number of nitrogens with zero attached hydrogens (tertiary/aromatic N) is 6. The van der Waals surface area contributed by atoms with Gasteiger partial charge in [-0.25, -0.2) is 23.0 Å². The Kier molecular flexibility index (Phi) is 11.1. The number of carbonyl (C=O) groups excluding carboxylic acids is 1. The Morgan fingerprint density at radius 3 is 2.50 bits per heavy atom. The second-order valence-electron chi connectivity index (χ2n) is 12.9. The number of aromatic nitrogens is 4. The van der Waals surface area contributed by atoms with E-state index >= 15 is 0 Å². The van der Waals surface area contributed by atoms with Gasteiger partial charge in [0.25, 0.3) is 5.91 Å². The third-order valence-corrected chi connectivity index (χ3v) is 9.60. The molecular weight excluding hydrogens is 665 g/mol. The molecule has 5 aromatic rings. The number of halogens is 2. The van der Waals surface area contributed by atoms with Crippen LogP contribution in [0.25, 0.3) is 16.6 Å². The van der Waals surface area contributed by atoms with Crippen LogP contribution in [0.15, 0.2) is 59.0 Å². The van der Waals surface area contributed by atoms with Gasteiger partial charge in [0.15, 0.2) is 17.3 Å². The summed E-state index contributed by atoms with van der Waals surface area (Å²) in [6.45, 7) is 7.81. The van der Waals surface area contributed by atoms with Gasteiger partial charge >= 0.3 is 0 Å². The summed E-state index contributed by atoms with van der Waals surface area (Å²) in [4.78, 5) is 24.0. The first-order valence-corrected chi connectivity index (χ1v) is 17.2. The summed E-state index contributed by atoms with van der Waals surface area (Å²) in [6, 6.07) is 14.3. The predicted molar refractivity (Wildman–Crippen MR) is 192 cm³/mol. The van der Waals surface area contributed by atoms with E-state index in [2.05, 4.69) is 24.8 Å². The molecule has 50 heavy (non-hydrogen) atoms. The molecule has 2 aromatic heterocycles. The van der Waals surface area contributed by atoms with E-state index in [1.807, 2.05) is 33.8 Å². The fourth-order valence-corrected chi connectivity index (χ4v) is 5.74. The summed E-state index contributed by atoms with van der Waals surface area (Å²) in [5, 5.41) is 8.06. The lowest BCUT2D eigenvalue weighted by Crippen LogP contribution is -2.35. The van der Waals surface area contributed by atoms with Gasteiger partial charge in [0.1, 0.15) is 33.8 Å². The average Bonchev–Trinajstić information content (AvgIpc) is 3.53. The lowest BCUT2D eigenvalue weighted by Gasteiger charge is -2.25. The van der Waals surface area contributed by atoms with E-state index in [1.54, 1.807) is 68.8 Å². The molecule has 0 saturated heterocycles. The van der Waals surface area contributed by atoms with Gasteiger partial charge < -0.3 is 19.7 Å². The number of amides is 1. The van der Waals surface area contributed by atoms with Crippen molar-refractivity contribution in [3.05, 3.63) is 88.7 Å². The van der Waals surface area contributed by atoms with Crippen molar-refractivity contribution >= 4 is 45.6 Å². The molecule has 14 heteroatoms. The molecule has 0 aliphatic rings. The number of anilines is 1. The molecule has 0 radical (unpaired) electrons. The third-order valence-electron chi connectivity index (χ3n) is 8.25. The summed E-state index contributed by atoms with van der Waals surface area (Å²) in [5.74, 6) is 0.255. The van der Waals surface area contributed by atoms with Crippen molar-refractivity contribution in [1.82, 2.24) is 24.5 Å². The fraction of sp³-hybridized carbons (Fsp3) is 0.361. The number of hydrogen-bond donors (Lipinski definition) is 1. The smallest absolute Gasteiger partial charge is 0.253 e. The highest BCUT2D eigenvalue weighted by Gasteiger charge is 2.21. The summed E-state index contributed by atoms with van der Waals surface area (Å²) in [6.07, 6.45) is 3.32. The number of rotatable bonds is 13. The first kappa shape index (κ1) is 36.3. The predicted octanol–water partition coefficient (Wildman–Crippen LogP) is 6.55. The second-order valence-corrected chi connectivity index (χ2v) is 14.8. The minimum Gasteiger partial charge on any atom is -0.497 e. The standard InChI is InChI=1S/C36H41F2N7O4S/c1-22(44(5)34(46)24-13-11-23(12-14-24)20-40-50(47)36(2,3)4)9-8-10-31-41-33-28-17-26(37)18-29(38)32(28)42-35(45(33)43-31)39-21-25-15-16-27(48-6)19-30(25)49-7/h11-20,22H,8-10,21H2,1-7H3,(H,39,42)/b40-20+/t22-,50-/m0/s1. The molecular formula is C36H41F2N7O4S. The highest BCUT2D eigenvalue weighted by molar-refractivity contribution is 7.85. The quantitative estimate of drug-likeness (QED) is 0.137. The number of methoxy groups -OCH3 is 2. The first-order valence-electron chi connectivity index (χ1n) is 16.1. The number of nitrogens with one attached hydrogen (secondary N) is 1. The van der Waals surface area contributed by atoms with Gasteiger partial charge in [0.2, 0.25) is 5.95 Å². The Hall–Kier alpha value is -4.98. The van der Waals surface area contributed by atoms with E-state index in [0.29, 0.717) is 42.1 Å². The average molecular weight is 706 g/mol. The van der Waals surface area contributed by atoms with E-state index in [9.17, 15) is 17.8 Å². The molecule has 264 valence electrons. The van der Waals surface area contributed by atoms with Crippen molar-refractivity contribution in [3.8, 4) is 11.5 Å². The maximum absolute atomic E-state index is 14.9. The van der Waals surface area contributed by atoms with E-state index in [-0.39, 0.29) is 41.0 Å². The Morgan fingerprint density at radius 1 is 1.08 bits per heavy atom. The van der Waals surface area contributed by atoms with Crippen LogP contribution in [0.5, 0.6) is 11.5 Å². The van der Waals surface area contributed by atoms with Crippen LogP contribution >= 0.6 is 0 Å². The molecule has 1 amide bonds. The van der Waals surface area contributed by atoms with Gasteiger partial charge in [0.05, 0.1) is 24.4 Å². The summed E-state index contributed by atoms with van der Waals surface area (Å²) < 4.78 is 57.4. The number of aryl methyl sites for hydroxylation is 1. The van der Waals surface area contributed by atoms with Gasteiger partial charge in [-0.2, -0.15) is 8.91 Å². The maximum atomic E-state index is 14.9. The highest BCUT2D eigenvalue weighted by atomic mass is 32.2. The third kappa shape index (κ3) is 8.24. The second kappa shape index (κ2) is 15.3. The van der Waals surface area contributed by atoms with Crippen molar-refractivity contribution in [1.29, 1.82) is 0 Å². The van der Waals surface area contributed by atoms with Crippen LogP contribution in [-0.4, -0.2) is 72.9 Å². The topological polar surface area (TPSA) is 123 Å². The minimum atomic E-state index is -1.37. The lowest BCUT2D eigenvalue weighted by atomic mass is 10.1. The first-order chi connectivity index (χ1) is 23.8. The van der Waals surface area contributed by atoms with Crippen molar-refractivity contribution in [2.75, 3.05) is 26.6 Å². The molecule has 0 bridgehead atoms. The Morgan fingerprint density at radius 2 is 1.82 bits per heavy atom. The van der Waals surface area contributed by atoms with Crippen LogP contribution in [0, 0.1) is 11.6 Å². The van der Waals surface area contributed by atoms with Crippen molar-refractivity contribution in [2.24, 2.45) is 4.40 Å². The molecule has 0 unspecified atom stereocenters. The number of ether oxygens (including phenoxy) is 2. The lowest BCUT2D eigenvalue weighted by molar-refractivity contribution is 0.0735. The van der Waals surface area contributed by atoms with Crippen LogP contribution in [-0.2, 0) is 24.0 Å². The van der Waals surface area contributed by atoms with E-state index in [0.717, 1.165) is 17.2 Å². The van der Waals surface area contributed by atoms with Crippen LogP contribution < -0.4 is 14.8 Å². The zero-order chi connectivity index (χ0) is 36.2. The zero-order valence-electron chi connectivity index (χ0n) is 29.2. The molecule has 0 saturated carbocycles. The molecule has 1 N–H and O–H groups in total. The molecule has 11 nitrogen and oxygen atoms in total. The van der Waals surface area contributed by atoms with Crippen LogP contribution in [0.1, 0.15) is 67.8 Å². The zero-order valence-corrected chi connectivity index (χ0v) is 30.0. The van der Waals surface area contributed by atoms with Crippen LogP contribution in [0.3, 0.4) is 0 Å². The van der Waals surface area contributed by atoms with E-state index in [4.69, 9.17) is 9.47 Å². The Labute approximate surface area is 292 Å². The molecule has 0 fully saturated rings. The summed E-state index contributed by atoms with van der Waals surface area (Å²) in [5.41, 5.74) is 2.32. The molecule has 0 spiro atoms. The Balaban J connectivity index is 1.28. The fourth-order valence-electron chi connectivity index (χ4n) is 5.20. The maximum Gasteiger partial charge on any atom is 0.253 e. The number of hydrogen-bond acceptors (Lipinski definition) is 8. The monoisotopic (exact) mass is 705 g/mol. The molecule has 2 atom stereocenters. The van der Waals surface area contributed by atoms with Crippen LogP contribution in [0.4, 0.5) is 14.7 Å².